The Morgan fingerprint density at radius 2 is 1.68 bits per heavy atom. The molecule has 0 bridgehead atoms. The zero-order valence-electron chi connectivity index (χ0n) is 16.0. The van der Waals surface area contributed by atoms with Crippen LogP contribution in [0.4, 0.5) is 4.39 Å². The molecule has 28 heavy (non-hydrogen) atoms. The van der Waals surface area contributed by atoms with E-state index >= 15 is 0 Å². The van der Waals surface area contributed by atoms with Gasteiger partial charge >= 0.3 is 0 Å². The Hall–Kier alpha value is -2.59. The predicted octanol–water partition coefficient (Wildman–Crippen LogP) is 6.43. The molecule has 0 saturated heterocycles. The lowest BCUT2D eigenvalue weighted by Crippen LogP contribution is -2.21. The summed E-state index contributed by atoms with van der Waals surface area (Å²) in [6.45, 7) is 2.68. The maximum atomic E-state index is 14.5. The van der Waals surface area contributed by atoms with E-state index in [1.807, 2.05) is 73.7 Å². The summed E-state index contributed by atoms with van der Waals surface area (Å²) in [5, 5.41) is 0. The van der Waals surface area contributed by atoms with Gasteiger partial charge in [0.05, 0.1) is 6.61 Å². The quantitative estimate of drug-likeness (QED) is 0.473. The number of rotatable bonds is 7. The van der Waals surface area contributed by atoms with Crippen molar-refractivity contribution in [2.75, 3.05) is 6.61 Å². The summed E-state index contributed by atoms with van der Waals surface area (Å²) in [6.07, 6.45) is 0.595. The second-order valence-electron chi connectivity index (χ2n) is 7.38. The van der Waals surface area contributed by atoms with Crippen molar-refractivity contribution in [1.82, 2.24) is 0 Å². The zero-order chi connectivity index (χ0) is 19.3. The number of hydrogen-bond acceptors (Lipinski definition) is 3. The number of hydrogen-bond donors (Lipinski definition) is 0. The SMILES string of the molecule is Cc1ccc(COCC2C(F)CCC2c2ccc(Oc3ccccc3)cc2)o1. The number of alkyl halides is 1. The van der Waals surface area contributed by atoms with Crippen molar-refractivity contribution in [1.29, 1.82) is 0 Å². The lowest BCUT2D eigenvalue weighted by Gasteiger charge is -2.21. The van der Waals surface area contributed by atoms with Gasteiger partial charge in [-0.2, -0.15) is 0 Å². The van der Waals surface area contributed by atoms with Gasteiger partial charge < -0.3 is 13.9 Å². The first-order valence-corrected chi connectivity index (χ1v) is 9.79. The van der Waals surface area contributed by atoms with Crippen molar-refractivity contribution in [3.63, 3.8) is 0 Å². The van der Waals surface area contributed by atoms with E-state index < -0.39 is 6.17 Å². The number of halogens is 1. The minimum Gasteiger partial charge on any atom is -0.464 e. The Labute approximate surface area is 165 Å². The predicted molar refractivity (Wildman–Crippen MR) is 106 cm³/mol. The van der Waals surface area contributed by atoms with Crippen molar-refractivity contribution in [3.8, 4) is 11.5 Å². The van der Waals surface area contributed by atoms with E-state index in [1.54, 1.807) is 0 Å². The standard InChI is InChI=1S/C24H25FO3/c1-17-7-10-21(27-17)15-26-16-23-22(13-14-24(23)25)18-8-11-20(12-9-18)28-19-5-3-2-4-6-19/h2-12,22-24H,13-16H2,1H3. The molecule has 1 saturated carbocycles. The van der Waals surface area contributed by atoms with Gasteiger partial charge in [0.1, 0.15) is 35.8 Å². The minimum absolute atomic E-state index is 0.128. The van der Waals surface area contributed by atoms with Gasteiger partial charge in [-0.05, 0) is 67.6 Å². The van der Waals surface area contributed by atoms with Crippen LogP contribution in [0.2, 0.25) is 0 Å². The summed E-state index contributed by atoms with van der Waals surface area (Å²) < 4.78 is 31.6. The highest BCUT2D eigenvalue weighted by molar-refractivity contribution is 5.34. The van der Waals surface area contributed by atoms with Crippen LogP contribution in [0.3, 0.4) is 0 Å². The maximum absolute atomic E-state index is 14.5. The third-order valence-electron chi connectivity index (χ3n) is 5.37. The van der Waals surface area contributed by atoms with Crippen molar-refractivity contribution >= 4 is 0 Å². The Bertz CT molecular complexity index is 872. The van der Waals surface area contributed by atoms with E-state index in [4.69, 9.17) is 13.9 Å². The molecule has 0 amide bonds. The average molecular weight is 380 g/mol. The highest BCUT2D eigenvalue weighted by Gasteiger charge is 2.37. The second-order valence-corrected chi connectivity index (χ2v) is 7.38. The third kappa shape index (κ3) is 4.45. The van der Waals surface area contributed by atoms with Gasteiger partial charge in [0.15, 0.2) is 0 Å². The molecule has 1 aromatic heterocycles. The maximum Gasteiger partial charge on any atom is 0.129 e. The summed E-state index contributed by atoms with van der Waals surface area (Å²) in [7, 11) is 0. The summed E-state index contributed by atoms with van der Waals surface area (Å²) in [5.74, 6) is 3.27. The molecule has 4 heteroatoms. The molecule has 2 aromatic carbocycles. The van der Waals surface area contributed by atoms with Crippen molar-refractivity contribution in [3.05, 3.63) is 83.8 Å². The molecule has 1 fully saturated rings. The Balaban J connectivity index is 1.37. The highest BCUT2D eigenvalue weighted by atomic mass is 19.1. The van der Waals surface area contributed by atoms with E-state index in [9.17, 15) is 4.39 Å². The van der Waals surface area contributed by atoms with Gasteiger partial charge in [0.25, 0.3) is 0 Å². The Kier molecular flexibility index (Phi) is 5.77. The molecule has 1 aliphatic rings. The van der Waals surface area contributed by atoms with Crippen LogP contribution in [0.25, 0.3) is 0 Å². The molecule has 0 N–H and O–H groups in total. The topological polar surface area (TPSA) is 31.6 Å². The van der Waals surface area contributed by atoms with Crippen LogP contribution in [0.1, 0.15) is 35.8 Å². The largest absolute Gasteiger partial charge is 0.464 e. The van der Waals surface area contributed by atoms with Gasteiger partial charge in [-0.1, -0.05) is 30.3 Å². The van der Waals surface area contributed by atoms with Crippen molar-refractivity contribution < 1.29 is 18.3 Å². The highest BCUT2D eigenvalue weighted by Crippen LogP contribution is 2.42. The molecule has 3 atom stereocenters. The molecular formula is C24H25FO3. The van der Waals surface area contributed by atoms with E-state index in [0.717, 1.165) is 35.0 Å². The number of benzene rings is 2. The first kappa shape index (κ1) is 18.8. The number of ether oxygens (including phenoxy) is 2. The van der Waals surface area contributed by atoms with Crippen LogP contribution in [-0.4, -0.2) is 12.8 Å². The molecule has 3 nitrogen and oxygen atoms in total. The fraction of sp³-hybridized carbons (Fsp3) is 0.333. The molecule has 0 radical (unpaired) electrons. The normalized spacial score (nSPS) is 21.7. The Morgan fingerprint density at radius 3 is 2.39 bits per heavy atom. The third-order valence-corrected chi connectivity index (χ3v) is 5.37. The van der Waals surface area contributed by atoms with Crippen LogP contribution < -0.4 is 4.74 Å². The van der Waals surface area contributed by atoms with Gasteiger partial charge in [-0.15, -0.1) is 0 Å². The van der Waals surface area contributed by atoms with Gasteiger partial charge in [0, 0.05) is 5.92 Å². The minimum atomic E-state index is -0.830. The fourth-order valence-electron chi connectivity index (χ4n) is 3.92. The number of aryl methyl sites for hydroxylation is 1. The van der Waals surface area contributed by atoms with Crippen LogP contribution in [0, 0.1) is 12.8 Å². The molecule has 3 unspecified atom stereocenters. The summed E-state index contributed by atoms with van der Waals surface area (Å²) >= 11 is 0. The monoisotopic (exact) mass is 380 g/mol. The fourth-order valence-corrected chi connectivity index (χ4v) is 3.92. The van der Waals surface area contributed by atoms with Gasteiger partial charge in [-0.25, -0.2) is 4.39 Å². The van der Waals surface area contributed by atoms with E-state index in [1.165, 1.54) is 0 Å². The summed E-state index contributed by atoms with van der Waals surface area (Å²) in [5.41, 5.74) is 1.14. The molecule has 146 valence electrons. The summed E-state index contributed by atoms with van der Waals surface area (Å²) in [4.78, 5) is 0. The lowest BCUT2D eigenvalue weighted by molar-refractivity contribution is 0.0502. The Morgan fingerprint density at radius 1 is 0.929 bits per heavy atom. The molecule has 0 spiro atoms. The van der Waals surface area contributed by atoms with Crippen LogP contribution in [0.15, 0.2) is 71.1 Å². The first-order chi connectivity index (χ1) is 13.7. The number of para-hydroxylation sites is 1. The molecule has 3 aromatic rings. The number of furan rings is 1. The van der Waals surface area contributed by atoms with Crippen LogP contribution in [-0.2, 0) is 11.3 Å². The molecule has 1 aliphatic carbocycles. The first-order valence-electron chi connectivity index (χ1n) is 9.79. The molecule has 1 heterocycles. The average Bonchev–Trinajstić information content (AvgIpc) is 3.29. The summed E-state index contributed by atoms with van der Waals surface area (Å²) in [6, 6.07) is 21.5. The van der Waals surface area contributed by atoms with Crippen molar-refractivity contribution in [2.24, 2.45) is 5.92 Å². The van der Waals surface area contributed by atoms with E-state index in [2.05, 4.69) is 0 Å². The lowest BCUT2D eigenvalue weighted by atomic mass is 9.89. The zero-order valence-corrected chi connectivity index (χ0v) is 16.0. The van der Waals surface area contributed by atoms with E-state index in [-0.39, 0.29) is 11.8 Å². The van der Waals surface area contributed by atoms with Crippen molar-refractivity contribution in [2.45, 2.75) is 38.5 Å². The van der Waals surface area contributed by atoms with Gasteiger partial charge in [-0.3, -0.25) is 0 Å². The van der Waals surface area contributed by atoms with Gasteiger partial charge in [0.2, 0.25) is 0 Å². The smallest absolute Gasteiger partial charge is 0.129 e. The molecule has 0 aliphatic heterocycles. The molecular weight excluding hydrogens is 355 g/mol. The second kappa shape index (κ2) is 8.61. The van der Waals surface area contributed by atoms with E-state index in [0.29, 0.717) is 19.6 Å². The molecule has 4 rings (SSSR count). The van der Waals surface area contributed by atoms with Crippen LogP contribution >= 0.6 is 0 Å². The van der Waals surface area contributed by atoms with Crippen LogP contribution in [0.5, 0.6) is 11.5 Å².